The highest BCUT2D eigenvalue weighted by Gasteiger charge is 2.65. The summed E-state index contributed by atoms with van der Waals surface area (Å²) in [5, 5.41) is 4.99. The number of nitrogens with zero attached hydrogens (tertiary/aromatic N) is 1. The van der Waals surface area contributed by atoms with Gasteiger partial charge in [-0.05, 0) is 55.8 Å². The molecule has 2 nitrogen and oxygen atoms in total. The molecule has 100 valence electrons. The van der Waals surface area contributed by atoms with Crippen LogP contribution in [-0.2, 0) is 0 Å². The van der Waals surface area contributed by atoms with E-state index in [1.165, 1.54) is 43.0 Å². The second-order valence-corrected chi connectivity index (χ2v) is 7.78. The number of thioether (sulfide) groups is 1. The molecule has 3 saturated carbocycles. The van der Waals surface area contributed by atoms with Crippen LogP contribution in [-0.4, -0.2) is 22.5 Å². The molecule has 1 aliphatic heterocycles. The van der Waals surface area contributed by atoms with E-state index in [1.807, 2.05) is 11.8 Å². The summed E-state index contributed by atoms with van der Waals surface area (Å²) in [6.07, 6.45) is 6.98. The van der Waals surface area contributed by atoms with Gasteiger partial charge in [-0.3, -0.25) is 4.99 Å². The van der Waals surface area contributed by atoms with Gasteiger partial charge in [0.1, 0.15) is 0 Å². The third-order valence-corrected chi connectivity index (χ3v) is 7.35. The Bertz CT molecular complexity index is 372. The van der Waals surface area contributed by atoms with Crippen molar-refractivity contribution in [3.63, 3.8) is 0 Å². The van der Waals surface area contributed by atoms with E-state index >= 15 is 0 Å². The molecule has 1 heterocycles. The third kappa shape index (κ3) is 1.52. The van der Waals surface area contributed by atoms with E-state index in [4.69, 9.17) is 4.99 Å². The molecule has 0 radical (unpaired) electrons. The molecule has 0 aromatic carbocycles. The minimum absolute atomic E-state index is 0.340. The van der Waals surface area contributed by atoms with E-state index < -0.39 is 0 Å². The van der Waals surface area contributed by atoms with E-state index in [1.54, 1.807) is 0 Å². The summed E-state index contributed by atoms with van der Waals surface area (Å²) in [6.45, 7) is 4.60. The van der Waals surface area contributed by atoms with Gasteiger partial charge in [0.25, 0.3) is 0 Å². The first-order valence-corrected chi connectivity index (χ1v) is 8.73. The number of rotatable bonds is 3. The van der Waals surface area contributed by atoms with Gasteiger partial charge >= 0.3 is 0 Å². The summed E-state index contributed by atoms with van der Waals surface area (Å²) >= 11 is 1.97. The van der Waals surface area contributed by atoms with Gasteiger partial charge in [0, 0.05) is 11.3 Å². The highest BCUT2D eigenvalue weighted by molar-refractivity contribution is 8.14. The Morgan fingerprint density at radius 3 is 2.44 bits per heavy atom. The van der Waals surface area contributed by atoms with E-state index in [2.05, 4.69) is 19.2 Å². The number of hydrogen-bond acceptors (Lipinski definition) is 2. The lowest BCUT2D eigenvalue weighted by Crippen LogP contribution is -2.42. The van der Waals surface area contributed by atoms with E-state index in [0.29, 0.717) is 11.6 Å². The third-order valence-electron chi connectivity index (χ3n) is 6.17. The summed E-state index contributed by atoms with van der Waals surface area (Å²) in [7, 11) is 0. The molecule has 0 aromatic rings. The fourth-order valence-corrected chi connectivity index (χ4v) is 6.17. The molecule has 2 bridgehead atoms. The number of amidine groups is 1. The molecular formula is C15H24N2S. The van der Waals surface area contributed by atoms with Crippen LogP contribution in [0.5, 0.6) is 0 Å². The standard InChI is InChI=1S/C15H24N2S/c1-3-15(4-2)8-18-14(17-15)16-13-11-9-5-6-10(7-9)12(11)13/h9-13H,3-8H2,1-2H3,(H,16,17). The van der Waals surface area contributed by atoms with Crippen LogP contribution in [0.25, 0.3) is 0 Å². The van der Waals surface area contributed by atoms with E-state index in [0.717, 1.165) is 23.7 Å². The minimum Gasteiger partial charge on any atom is -0.359 e. The summed E-state index contributed by atoms with van der Waals surface area (Å²) < 4.78 is 0. The Morgan fingerprint density at radius 2 is 1.89 bits per heavy atom. The van der Waals surface area contributed by atoms with Crippen molar-refractivity contribution in [3.8, 4) is 0 Å². The zero-order valence-corrected chi connectivity index (χ0v) is 12.3. The van der Waals surface area contributed by atoms with Crippen LogP contribution in [0.3, 0.4) is 0 Å². The molecule has 4 rings (SSSR count). The van der Waals surface area contributed by atoms with E-state index in [9.17, 15) is 0 Å². The van der Waals surface area contributed by atoms with Crippen LogP contribution < -0.4 is 5.32 Å². The van der Waals surface area contributed by atoms with Gasteiger partial charge in [0.05, 0.1) is 6.04 Å². The van der Waals surface area contributed by atoms with E-state index in [-0.39, 0.29) is 0 Å². The molecule has 3 heteroatoms. The molecule has 4 atom stereocenters. The lowest BCUT2D eigenvalue weighted by Gasteiger charge is -2.25. The highest BCUT2D eigenvalue weighted by atomic mass is 32.2. The Balaban J connectivity index is 1.46. The van der Waals surface area contributed by atoms with Crippen LogP contribution >= 0.6 is 11.8 Å². The van der Waals surface area contributed by atoms with Crippen molar-refractivity contribution in [2.75, 3.05) is 5.75 Å². The van der Waals surface area contributed by atoms with Crippen molar-refractivity contribution in [3.05, 3.63) is 0 Å². The second-order valence-electron chi connectivity index (χ2n) is 6.81. The monoisotopic (exact) mass is 264 g/mol. The summed E-state index contributed by atoms with van der Waals surface area (Å²) in [4.78, 5) is 5.07. The fraction of sp³-hybridized carbons (Fsp3) is 0.933. The number of hydrogen-bond donors (Lipinski definition) is 1. The lowest BCUT2D eigenvalue weighted by atomic mass is 9.96. The maximum Gasteiger partial charge on any atom is 0.157 e. The Morgan fingerprint density at radius 1 is 1.22 bits per heavy atom. The van der Waals surface area contributed by atoms with Crippen molar-refractivity contribution in [1.29, 1.82) is 0 Å². The maximum atomic E-state index is 5.07. The normalized spacial score (nSPS) is 49.4. The first-order chi connectivity index (χ1) is 8.76. The van der Waals surface area contributed by atoms with Crippen molar-refractivity contribution in [1.82, 2.24) is 5.32 Å². The van der Waals surface area contributed by atoms with Crippen LogP contribution in [0, 0.1) is 23.7 Å². The number of nitrogens with one attached hydrogen (secondary N) is 1. The molecule has 4 unspecified atom stereocenters. The molecule has 0 amide bonds. The molecule has 1 N–H and O–H groups in total. The molecule has 18 heavy (non-hydrogen) atoms. The van der Waals surface area contributed by atoms with Crippen LogP contribution in [0.2, 0.25) is 0 Å². The van der Waals surface area contributed by atoms with Crippen molar-refractivity contribution in [2.45, 2.75) is 57.5 Å². The molecule has 4 fully saturated rings. The van der Waals surface area contributed by atoms with Crippen LogP contribution in [0.4, 0.5) is 0 Å². The smallest absolute Gasteiger partial charge is 0.157 e. The molecule has 0 spiro atoms. The van der Waals surface area contributed by atoms with Gasteiger partial charge < -0.3 is 5.32 Å². The van der Waals surface area contributed by atoms with Gasteiger partial charge in [0.2, 0.25) is 0 Å². The van der Waals surface area contributed by atoms with Crippen molar-refractivity contribution in [2.24, 2.45) is 28.7 Å². The maximum absolute atomic E-state index is 5.07. The highest BCUT2D eigenvalue weighted by Crippen LogP contribution is 2.67. The lowest BCUT2D eigenvalue weighted by molar-refractivity contribution is 0.407. The van der Waals surface area contributed by atoms with Crippen LogP contribution in [0.15, 0.2) is 4.99 Å². The molecule has 1 saturated heterocycles. The van der Waals surface area contributed by atoms with Crippen molar-refractivity contribution >= 4 is 16.9 Å². The Hall–Kier alpha value is -0.180. The quantitative estimate of drug-likeness (QED) is 0.846. The van der Waals surface area contributed by atoms with Gasteiger partial charge in [-0.2, -0.15) is 0 Å². The topological polar surface area (TPSA) is 24.4 Å². The second kappa shape index (κ2) is 3.91. The van der Waals surface area contributed by atoms with Gasteiger partial charge in [-0.25, -0.2) is 0 Å². The zero-order chi connectivity index (χ0) is 12.3. The first-order valence-electron chi connectivity index (χ1n) is 7.75. The predicted molar refractivity (Wildman–Crippen MR) is 77.9 cm³/mol. The van der Waals surface area contributed by atoms with Crippen molar-refractivity contribution < 1.29 is 0 Å². The number of fused-ring (bicyclic) bond motifs is 5. The molecular weight excluding hydrogens is 240 g/mol. The summed E-state index contributed by atoms with van der Waals surface area (Å²) in [6, 6.07) is 0.704. The average molecular weight is 264 g/mol. The van der Waals surface area contributed by atoms with Gasteiger partial charge in [-0.1, -0.05) is 25.6 Å². The Labute approximate surface area is 114 Å². The molecule has 3 aliphatic carbocycles. The summed E-state index contributed by atoms with van der Waals surface area (Å²) in [5.41, 5.74) is 0.340. The minimum atomic E-state index is 0.340. The fourth-order valence-electron chi connectivity index (χ4n) is 4.79. The average Bonchev–Trinajstić information content (AvgIpc) is 2.80. The van der Waals surface area contributed by atoms with Gasteiger partial charge in [-0.15, -0.1) is 0 Å². The van der Waals surface area contributed by atoms with Crippen LogP contribution in [0.1, 0.15) is 46.0 Å². The van der Waals surface area contributed by atoms with Gasteiger partial charge in [0.15, 0.2) is 5.17 Å². The number of aliphatic imine (C=N–C) groups is 1. The SMILES string of the molecule is CCC1(CC)CSC(=NC2C3C4CCC(C4)C23)N1. The molecule has 0 aromatic heterocycles. The Kier molecular flexibility index (Phi) is 2.53. The predicted octanol–water partition coefficient (Wildman–Crippen LogP) is 3.28. The molecule has 4 aliphatic rings. The largest absolute Gasteiger partial charge is 0.359 e. The first kappa shape index (κ1) is 11.6. The zero-order valence-electron chi connectivity index (χ0n) is 11.5. The summed E-state index contributed by atoms with van der Waals surface area (Å²) in [5.74, 6) is 5.27.